The minimum Gasteiger partial charge on any atom is -0.309 e. The molecule has 0 aliphatic carbocycles. The predicted molar refractivity (Wildman–Crippen MR) is 469 cm³/mol. The zero-order valence-corrected chi connectivity index (χ0v) is 62.1. The van der Waals surface area contributed by atoms with Crippen LogP contribution in [0.3, 0.4) is 0 Å². The Hall–Kier alpha value is -14.0. The number of nitrogens with zero attached hydrogens (tertiary/aromatic N) is 9. The average Bonchev–Trinajstić information content (AvgIpc) is 1.56. The number of rotatable bonds is 9. The molecule has 9 nitrogen and oxygen atoms in total. The molecule has 0 fully saturated rings. The molecular weight excluding hydrogens is 1410 g/mol. The Kier molecular flexibility index (Phi) is 15.3. The summed E-state index contributed by atoms with van der Waals surface area (Å²) in [5, 5.41) is 21.5. The highest BCUT2D eigenvalue weighted by atomic mass is 32.1. The molecule has 15 aromatic carbocycles. The van der Waals surface area contributed by atoms with Crippen LogP contribution in [-0.4, -0.2) is 42.4 Å². The van der Waals surface area contributed by atoms with Gasteiger partial charge >= 0.3 is 0 Å². The molecule has 0 aliphatic heterocycles. The molecule has 0 aliphatic rings. The number of fused-ring (bicyclic) bond motifs is 20. The minimum absolute atomic E-state index is 1.03. The summed E-state index contributed by atoms with van der Waals surface area (Å²) in [6.45, 7) is 0. The molecule has 9 heterocycles. The van der Waals surface area contributed by atoms with Crippen LogP contribution in [0.4, 0.5) is 0 Å². The van der Waals surface area contributed by atoms with E-state index in [2.05, 4.69) is 373 Å². The van der Waals surface area contributed by atoms with Gasteiger partial charge < -0.3 is 13.7 Å². The maximum absolute atomic E-state index is 4.84. The molecule has 522 valence electrons. The van der Waals surface area contributed by atoms with E-state index in [1.54, 1.807) is 34.0 Å². The monoisotopic (exact) mass is 1470 g/mol. The van der Waals surface area contributed by atoms with Crippen LogP contribution >= 0.6 is 34.0 Å². The summed E-state index contributed by atoms with van der Waals surface area (Å²) in [4.78, 5) is 14.5. The first-order chi connectivity index (χ1) is 55.1. The normalized spacial score (nSPS) is 11.8. The third kappa shape index (κ3) is 10.4. The fourth-order valence-electron chi connectivity index (χ4n) is 17.0. The Bertz CT molecular complexity index is 7690. The van der Waals surface area contributed by atoms with Crippen molar-refractivity contribution in [3.8, 4) is 63.8 Å². The highest BCUT2D eigenvalue weighted by molar-refractivity contribution is 7.18. The molecule has 0 spiro atoms. The lowest BCUT2D eigenvalue weighted by molar-refractivity contribution is 1.18. The molecule has 0 saturated heterocycles. The summed E-state index contributed by atoms with van der Waals surface area (Å²) >= 11 is 5.20. The van der Waals surface area contributed by atoms with Crippen LogP contribution < -0.4 is 0 Å². The molecule has 12 heteroatoms. The van der Waals surface area contributed by atoms with Crippen LogP contribution in [0.1, 0.15) is 0 Å². The lowest BCUT2D eigenvalue weighted by Gasteiger charge is -2.09. The molecule has 0 amide bonds. The Morgan fingerprint density at radius 3 is 0.856 bits per heavy atom. The highest BCUT2D eigenvalue weighted by Crippen LogP contribution is 2.47. The van der Waals surface area contributed by atoms with Gasteiger partial charge in [0.05, 0.1) is 84.8 Å². The third-order valence-electron chi connectivity index (χ3n) is 21.7. The largest absolute Gasteiger partial charge is 0.309 e. The van der Waals surface area contributed by atoms with Gasteiger partial charge in [-0.25, -0.2) is 15.0 Å². The molecule has 111 heavy (non-hydrogen) atoms. The maximum Gasteiger partial charge on any atom is 0.125 e. The van der Waals surface area contributed by atoms with Crippen molar-refractivity contribution in [1.82, 2.24) is 42.4 Å². The van der Waals surface area contributed by atoms with Crippen molar-refractivity contribution in [2.75, 3.05) is 0 Å². The second kappa shape index (κ2) is 26.4. The van der Waals surface area contributed by atoms with Crippen LogP contribution in [0.25, 0.3) is 195 Å². The van der Waals surface area contributed by atoms with Crippen molar-refractivity contribution in [2.45, 2.75) is 0 Å². The lowest BCUT2D eigenvalue weighted by Crippen LogP contribution is -1.94. The van der Waals surface area contributed by atoms with Crippen LogP contribution in [0.15, 0.2) is 383 Å². The van der Waals surface area contributed by atoms with E-state index >= 15 is 0 Å². The summed E-state index contributed by atoms with van der Waals surface area (Å²) in [5.74, 6) is 0. The first-order valence-corrected chi connectivity index (χ1v) is 39.7. The van der Waals surface area contributed by atoms with Crippen molar-refractivity contribution < 1.29 is 0 Å². The molecular formula is C99H63N9S3. The SMILES string of the molecule is c1ccc(-c2ncc(-n3c4ccccc4c4c3ccc3c5ccccc5n(-c5ccccc5)c34)s2)cc1.c1ccc(-c2ncc(-n3c4ccccc4c4cc5c(cc43)c3ccccc3n5-c3ccccc3)s2)cc1.c1ccc(-c2ncc(-n3c4ccccc4c4ccc5c(c6ccccc6n5-c5ccccc5)c43)s2)cc1. The van der Waals surface area contributed by atoms with E-state index in [0.29, 0.717) is 0 Å². The van der Waals surface area contributed by atoms with Gasteiger partial charge in [0.25, 0.3) is 0 Å². The van der Waals surface area contributed by atoms with E-state index in [4.69, 9.17) is 15.0 Å². The van der Waals surface area contributed by atoms with E-state index < -0.39 is 0 Å². The summed E-state index contributed by atoms with van der Waals surface area (Å²) in [5.41, 5.74) is 21.5. The van der Waals surface area contributed by atoms with Gasteiger partial charge in [0.1, 0.15) is 30.0 Å². The Morgan fingerprint density at radius 1 is 0.180 bits per heavy atom. The van der Waals surface area contributed by atoms with E-state index in [0.717, 1.165) is 46.7 Å². The van der Waals surface area contributed by atoms with E-state index in [-0.39, 0.29) is 0 Å². The van der Waals surface area contributed by atoms with Crippen LogP contribution in [0, 0.1) is 0 Å². The fraction of sp³-hybridized carbons (Fsp3) is 0. The zero-order chi connectivity index (χ0) is 73.0. The molecule has 0 saturated carbocycles. The van der Waals surface area contributed by atoms with Gasteiger partial charge in [-0.3, -0.25) is 13.7 Å². The summed E-state index contributed by atoms with van der Waals surface area (Å²) in [6, 6.07) is 129. The number of hydrogen-bond acceptors (Lipinski definition) is 6. The summed E-state index contributed by atoms with van der Waals surface area (Å²) in [7, 11) is 0. The lowest BCUT2D eigenvalue weighted by atomic mass is 10.1. The second-order valence-electron chi connectivity index (χ2n) is 27.8. The van der Waals surface area contributed by atoms with E-state index in [9.17, 15) is 0 Å². The summed E-state index contributed by atoms with van der Waals surface area (Å²) < 4.78 is 14.4. The van der Waals surface area contributed by atoms with Gasteiger partial charge in [-0.15, -0.1) is 0 Å². The molecule has 0 bridgehead atoms. The Balaban J connectivity index is 0.000000102. The van der Waals surface area contributed by atoms with Gasteiger partial charge in [-0.2, -0.15) is 0 Å². The smallest absolute Gasteiger partial charge is 0.125 e. The van der Waals surface area contributed by atoms with Crippen molar-refractivity contribution in [1.29, 1.82) is 0 Å². The van der Waals surface area contributed by atoms with Crippen LogP contribution in [0.2, 0.25) is 0 Å². The number of benzene rings is 15. The molecule has 9 aromatic heterocycles. The first-order valence-electron chi connectivity index (χ1n) is 37.2. The van der Waals surface area contributed by atoms with Crippen molar-refractivity contribution in [2.24, 2.45) is 0 Å². The first kappa shape index (κ1) is 64.2. The number of para-hydroxylation sites is 9. The standard InChI is InChI=1S/3C33H21N3S/c1-3-11-22(12-4-1)33-34-21-32(37-33)36-29-18-10-8-16-25(29)27-19-30-26(20-31(27)36)24-15-7-9-17-28(24)35(30)23-13-5-2-6-14-23;1-3-11-22(12-4-1)33-34-21-30(37-33)36-27-17-9-7-15-24(27)25-19-20-29-31(32(25)36)26-16-8-10-18-28(26)35(29)23-13-5-2-6-14-23;1-3-11-22(12-4-1)33-34-21-30(37-33)36-28-18-10-8-16-26(28)31-29(36)20-19-25-24-15-7-9-17-27(24)35(32(25)31)23-13-5-2-6-14-23/h3*1-21H. The third-order valence-corrected chi connectivity index (χ3v) is 24.7. The number of hydrogen-bond donors (Lipinski definition) is 0. The topological polar surface area (TPSA) is 68.2 Å². The highest BCUT2D eigenvalue weighted by Gasteiger charge is 2.26. The average molecular weight is 1470 g/mol. The Morgan fingerprint density at radius 2 is 0.441 bits per heavy atom. The van der Waals surface area contributed by atoms with Crippen molar-refractivity contribution >= 4 is 165 Å². The second-order valence-corrected chi connectivity index (χ2v) is 30.9. The quantitative estimate of drug-likeness (QED) is 0.145. The predicted octanol–water partition coefficient (Wildman–Crippen LogP) is 27.0. The fourth-order valence-corrected chi connectivity index (χ4v) is 19.8. The molecule has 0 radical (unpaired) electrons. The zero-order valence-electron chi connectivity index (χ0n) is 59.6. The van der Waals surface area contributed by atoms with Gasteiger partial charge in [0.2, 0.25) is 0 Å². The van der Waals surface area contributed by atoms with Gasteiger partial charge in [0, 0.05) is 98.4 Å². The van der Waals surface area contributed by atoms with Crippen LogP contribution in [0.5, 0.6) is 0 Å². The molecule has 24 rings (SSSR count). The number of thiazole rings is 3. The van der Waals surface area contributed by atoms with E-state index in [1.165, 1.54) is 148 Å². The Labute approximate surface area is 648 Å². The molecule has 0 N–H and O–H groups in total. The van der Waals surface area contributed by atoms with E-state index in [1.807, 2.05) is 36.8 Å². The van der Waals surface area contributed by atoms with Gasteiger partial charge in [-0.1, -0.05) is 301 Å². The van der Waals surface area contributed by atoms with Gasteiger partial charge in [0.15, 0.2) is 0 Å². The molecule has 0 atom stereocenters. The maximum atomic E-state index is 4.84. The minimum atomic E-state index is 1.03. The van der Waals surface area contributed by atoms with Crippen molar-refractivity contribution in [3.05, 3.63) is 383 Å². The number of aromatic nitrogens is 9. The molecule has 0 unspecified atom stereocenters. The van der Waals surface area contributed by atoms with Gasteiger partial charge in [-0.05, 0) is 97.1 Å². The summed E-state index contributed by atoms with van der Waals surface area (Å²) in [6.07, 6.45) is 6.04. The molecule has 24 aromatic rings. The van der Waals surface area contributed by atoms with Crippen LogP contribution in [-0.2, 0) is 0 Å². The van der Waals surface area contributed by atoms with Crippen molar-refractivity contribution in [3.63, 3.8) is 0 Å².